The Bertz CT molecular complexity index is 488. The molecule has 1 atom stereocenters. The molecule has 1 amide bonds. The average molecular weight is 266 g/mol. The molecule has 0 aliphatic carbocycles. The summed E-state index contributed by atoms with van der Waals surface area (Å²) in [5.74, 6) is -0.919. The molecule has 2 rings (SSSR count). The molecule has 0 aromatic heterocycles. The van der Waals surface area contributed by atoms with Crippen molar-refractivity contribution in [2.24, 2.45) is 0 Å². The second-order valence-electron chi connectivity index (χ2n) is 5.38. The fraction of sp³-hybridized carbons (Fsp3) is 0.500. The molecule has 1 aliphatic heterocycles. The summed E-state index contributed by atoms with van der Waals surface area (Å²) in [6.45, 7) is 2.73. The number of carbonyl (C=O) groups is 1. The van der Waals surface area contributed by atoms with E-state index < -0.39 is 11.4 Å². The van der Waals surface area contributed by atoms with Crippen LogP contribution in [0.1, 0.15) is 36.5 Å². The lowest BCUT2D eigenvalue weighted by molar-refractivity contribution is 0.0437. The SMILES string of the molecule is CC1(O)CCCN(C(=O)c2cc(N)ccc2F)CC1. The van der Waals surface area contributed by atoms with Gasteiger partial charge in [0.05, 0.1) is 11.2 Å². The van der Waals surface area contributed by atoms with E-state index in [2.05, 4.69) is 0 Å². The number of likely N-dealkylation sites (tertiary alicyclic amines) is 1. The van der Waals surface area contributed by atoms with E-state index in [4.69, 9.17) is 5.73 Å². The first kappa shape index (κ1) is 13.8. The number of nitrogens with zero attached hydrogens (tertiary/aromatic N) is 1. The summed E-state index contributed by atoms with van der Waals surface area (Å²) in [6.07, 6.45) is 1.86. The van der Waals surface area contributed by atoms with Gasteiger partial charge in [0.15, 0.2) is 0 Å². The summed E-state index contributed by atoms with van der Waals surface area (Å²) in [7, 11) is 0. The number of nitrogens with two attached hydrogens (primary N) is 1. The van der Waals surface area contributed by atoms with Crippen molar-refractivity contribution in [2.75, 3.05) is 18.8 Å². The molecule has 19 heavy (non-hydrogen) atoms. The van der Waals surface area contributed by atoms with Crippen LogP contribution in [0.2, 0.25) is 0 Å². The third kappa shape index (κ3) is 3.23. The third-order valence-corrected chi connectivity index (χ3v) is 3.57. The first-order valence-corrected chi connectivity index (χ1v) is 6.46. The maximum Gasteiger partial charge on any atom is 0.256 e. The van der Waals surface area contributed by atoms with Gasteiger partial charge in [0.1, 0.15) is 5.82 Å². The van der Waals surface area contributed by atoms with E-state index >= 15 is 0 Å². The van der Waals surface area contributed by atoms with E-state index in [1.165, 1.54) is 18.2 Å². The second-order valence-corrected chi connectivity index (χ2v) is 5.38. The van der Waals surface area contributed by atoms with E-state index in [0.717, 1.165) is 0 Å². The van der Waals surface area contributed by atoms with Crippen LogP contribution in [-0.4, -0.2) is 34.6 Å². The van der Waals surface area contributed by atoms with Crippen LogP contribution in [0.15, 0.2) is 18.2 Å². The van der Waals surface area contributed by atoms with Crippen molar-refractivity contribution >= 4 is 11.6 Å². The Kier molecular flexibility index (Phi) is 3.75. The molecule has 1 aliphatic rings. The van der Waals surface area contributed by atoms with Crippen molar-refractivity contribution in [3.8, 4) is 0 Å². The molecule has 1 saturated heterocycles. The molecule has 0 saturated carbocycles. The zero-order chi connectivity index (χ0) is 14.0. The lowest BCUT2D eigenvalue weighted by atomic mass is 9.98. The summed E-state index contributed by atoms with van der Waals surface area (Å²) >= 11 is 0. The molecular weight excluding hydrogens is 247 g/mol. The van der Waals surface area contributed by atoms with Gasteiger partial charge in [-0.25, -0.2) is 4.39 Å². The van der Waals surface area contributed by atoms with Crippen molar-refractivity contribution in [2.45, 2.75) is 31.8 Å². The highest BCUT2D eigenvalue weighted by Gasteiger charge is 2.28. The van der Waals surface area contributed by atoms with E-state index in [-0.39, 0.29) is 11.5 Å². The molecule has 1 unspecified atom stereocenters. The van der Waals surface area contributed by atoms with Crippen LogP contribution in [0.4, 0.5) is 10.1 Å². The van der Waals surface area contributed by atoms with Gasteiger partial charge in [-0.3, -0.25) is 4.79 Å². The number of amides is 1. The topological polar surface area (TPSA) is 66.6 Å². The number of aliphatic hydroxyl groups is 1. The van der Waals surface area contributed by atoms with Crippen LogP contribution in [0.3, 0.4) is 0 Å². The van der Waals surface area contributed by atoms with Crippen molar-refractivity contribution in [3.05, 3.63) is 29.6 Å². The van der Waals surface area contributed by atoms with Gasteiger partial charge in [0.2, 0.25) is 0 Å². The first-order chi connectivity index (χ1) is 8.89. The van der Waals surface area contributed by atoms with Gasteiger partial charge in [0.25, 0.3) is 5.91 Å². The van der Waals surface area contributed by atoms with Crippen molar-refractivity contribution in [1.82, 2.24) is 4.90 Å². The Morgan fingerprint density at radius 1 is 1.42 bits per heavy atom. The Hall–Kier alpha value is -1.62. The predicted octanol–water partition coefficient (Wildman–Crippen LogP) is 1.79. The Labute approximate surface area is 112 Å². The number of hydrogen-bond donors (Lipinski definition) is 2. The van der Waals surface area contributed by atoms with Gasteiger partial charge >= 0.3 is 0 Å². The third-order valence-electron chi connectivity index (χ3n) is 3.57. The van der Waals surface area contributed by atoms with Crippen LogP contribution in [0, 0.1) is 5.82 Å². The van der Waals surface area contributed by atoms with Crippen molar-refractivity contribution < 1.29 is 14.3 Å². The maximum absolute atomic E-state index is 13.7. The number of carbonyl (C=O) groups excluding carboxylic acids is 1. The van der Waals surface area contributed by atoms with Gasteiger partial charge < -0.3 is 15.7 Å². The van der Waals surface area contributed by atoms with Crippen LogP contribution < -0.4 is 5.73 Å². The number of hydrogen-bond acceptors (Lipinski definition) is 3. The number of anilines is 1. The number of rotatable bonds is 1. The largest absolute Gasteiger partial charge is 0.399 e. The minimum Gasteiger partial charge on any atom is -0.399 e. The van der Waals surface area contributed by atoms with E-state index in [9.17, 15) is 14.3 Å². The fourth-order valence-electron chi connectivity index (χ4n) is 2.34. The summed E-state index contributed by atoms with van der Waals surface area (Å²) in [5, 5.41) is 9.99. The molecule has 0 spiro atoms. The number of benzene rings is 1. The summed E-state index contributed by atoms with van der Waals surface area (Å²) in [6, 6.07) is 4.00. The molecule has 5 heteroatoms. The lowest BCUT2D eigenvalue weighted by Crippen LogP contribution is -2.34. The zero-order valence-electron chi connectivity index (χ0n) is 11.0. The highest BCUT2D eigenvalue weighted by molar-refractivity contribution is 5.95. The van der Waals surface area contributed by atoms with E-state index in [0.29, 0.717) is 38.0 Å². The Balaban J connectivity index is 2.17. The van der Waals surface area contributed by atoms with E-state index in [1.54, 1.807) is 11.8 Å². The molecule has 4 nitrogen and oxygen atoms in total. The standard InChI is InChI=1S/C14H19FN2O2/c1-14(19)5-2-7-17(8-6-14)13(18)11-9-10(16)3-4-12(11)15/h3-4,9,19H,2,5-8,16H2,1H3. The Morgan fingerprint density at radius 2 is 2.16 bits per heavy atom. The van der Waals surface area contributed by atoms with Crippen LogP contribution >= 0.6 is 0 Å². The smallest absolute Gasteiger partial charge is 0.256 e. The number of nitrogen functional groups attached to an aromatic ring is 1. The molecule has 0 bridgehead atoms. The maximum atomic E-state index is 13.7. The molecule has 1 aromatic rings. The summed E-state index contributed by atoms with van der Waals surface area (Å²) < 4.78 is 13.7. The van der Waals surface area contributed by atoms with E-state index in [1.807, 2.05) is 0 Å². The molecular formula is C14H19FN2O2. The molecule has 1 aromatic carbocycles. The van der Waals surface area contributed by atoms with Crippen LogP contribution in [0.5, 0.6) is 0 Å². The Morgan fingerprint density at radius 3 is 2.89 bits per heavy atom. The average Bonchev–Trinajstić information content (AvgIpc) is 2.52. The fourth-order valence-corrected chi connectivity index (χ4v) is 2.34. The van der Waals surface area contributed by atoms with Crippen LogP contribution in [0.25, 0.3) is 0 Å². The quantitative estimate of drug-likeness (QED) is 0.761. The van der Waals surface area contributed by atoms with Gasteiger partial charge in [-0.05, 0) is 44.4 Å². The minimum atomic E-state index is -0.747. The summed E-state index contributed by atoms with van der Waals surface area (Å²) in [5.41, 5.74) is 5.21. The second kappa shape index (κ2) is 5.17. The molecule has 1 heterocycles. The monoisotopic (exact) mass is 266 g/mol. The highest BCUT2D eigenvalue weighted by atomic mass is 19.1. The van der Waals surface area contributed by atoms with Gasteiger partial charge in [-0.15, -0.1) is 0 Å². The molecule has 3 N–H and O–H groups in total. The molecule has 104 valence electrons. The molecule has 0 radical (unpaired) electrons. The molecule has 1 fully saturated rings. The van der Waals surface area contributed by atoms with Crippen LogP contribution in [-0.2, 0) is 0 Å². The van der Waals surface area contributed by atoms with Crippen molar-refractivity contribution in [3.63, 3.8) is 0 Å². The first-order valence-electron chi connectivity index (χ1n) is 6.46. The summed E-state index contributed by atoms with van der Waals surface area (Å²) in [4.78, 5) is 13.9. The van der Waals surface area contributed by atoms with Gasteiger partial charge in [-0.1, -0.05) is 0 Å². The number of halogens is 1. The lowest BCUT2D eigenvalue weighted by Gasteiger charge is -2.22. The van der Waals surface area contributed by atoms with Gasteiger partial charge in [0, 0.05) is 18.8 Å². The minimum absolute atomic E-state index is 0.00143. The zero-order valence-corrected chi connectivity index (χ0v) is 11.0. The normalized spacial score (nSPS) is 24.1. The van der Waals surface area contributed by atoms with Gasteiger partial charge in [-0.2, -0.15) is 0 Å². The van der Waals surface area contributed by atoms with Crippen molar-refractivity contribution in [1.29, 1.82) is 0 Å². The predicted molar refractivity (Wildman–Crippen MR) is 71.2 cm³/mol. The highest BCUT2D eigenvalue weighted by Crippen LogP contribution is 2.23.